The second-order valence-corrected chi connectivity index (χ2v) is 6.01. The van der Waals surface area contributed by atoms with Crippen molar-refractivity contribution in [1.82, 2.24) is 14.9 Å². The first-order chi connectivity index (χ1) is 10.7. The zero-order chi connectivity index (χ0) is 15.4. The summed E-state index contributed by atoms with van der Waals surface area (Å²) < 4.78 is 5.77. The van der Waals surface area contributed by atoms with Crippen molar-refractivity contribution in [3.63, 3.8) is 0 Å². The SMILES string of the molecule is O=C1CCC(C(=O)N2CCCC(Oc3ncccn3)C2)CC1. The Hall–Kier alpha value is -1.98. The fraction of sp³-hybridized carbons (Fsp3) is 0.625. The number of ketones is 1. The molecular formula is C16H21N3O3. The summed E-state index contributed by atoms with van der Waals surface area (Å²) in [5.41, 5.74) is 0. The van der Waals surface area contributed by atoms with E-state index in [1.54, 1.807) is 18.5 Å². The van der Waals surface area contributed by atoms with Gasteiger partial charge in [0.2, 0.25) is 5.91 Å². The molecule has 2 fully saturated rings. The van der Waals surface area contributed by atoms with Gasteiger partial charge in [-0.1, -0.05) is 0 Å². The molecule has 1 saturated carbocycles. The monoisotopic (exact) mass is 303 g/mol. The zero-order valence-corrected chi connectivity index (χ0v) is 12.6. The second-order valence-electron chi connectivity index (χ2n) is 6.01. The van der Waals surface area contributed by atoms with E-state index in [9.17, 15) is 9.59 Å². The molecule has 6 heteroatoms. The van der Waals surface area contributed by atoms with Crippen LogP contribution in [0.25, 0.3) is 0 Å². The van der Waals surface area contributed by atoms with Gasteiger partial charge in [0.05, 0.1) is 6.54 Å². The van der Waals surface area contributed by atoms with Crippen LogP contribution in [0.2, 0.25) is 0 Å². The number of nitrogens with zero attached hydrogens (tertiary/aromatic N) is 3. The van der Waals surface area contributed by atoms with E-state index in [0.29, 0.717) is 38.2 Å². The highest BCUT2D eigenvalue weighted by atomic mass is 16.5. The van der Waals surface area contributed by atoms with Crippen molar-refractivity contribution in [3.8, 4) is 6.01 Å². The molecule has 0 N–H and O–H groups in total. The molecule has 0 spiro atoms. The quantitative estimate of drug-likeness (QED) is 0.848. The summed E-state index contributed by atoms with van der Waals surface area (Å²) >= 11 is 0. The average Bonchev–Trinajstić information content (AvgIpc) is 2.56. The summed E-state index contributed by atoms with van der Waals surface area (Å²) in [5, 5.41) is 0. The van der Waals surface area contributed by atoms with Crippen LogP contribution in [0.5, 0.6) is 6.01 Å². The summed E-state index contributed by atoms with van der Waals surface area (Å²) in [7, 11) is 0. The van der Waals surface area contributed by atoms with Crippen LogP contribution >= 0.6 is 0 Å². The molecular weight excluding hydrogens is 282 g/mol. The van der Waals surface area contributed by atoms with Gasteiger partial charge in [-0.2, -0.15) is 0 Å². The predicted molar refractivity (Wildman–Crippen MR) is 79.2 cm³/mol. The third kappa shape index (κ3) is 3.61. The van der Waals surface area contributed by atoms with Gasteiger partial charge in [-0.3, -0.25) is 9.59 Å². The molecule has 1 amide bonds. The lowest BCUT2D eigenvalue weighted by Crippen LogP contribution is -2.47. The number of hydrogen-bond acceptors (Lipinski definition) is 5. The Morgan fingerprint density at radius 1 is 1.18 bits per heavy atom. The Labute approximate surface area is 129 Å². The normalized spacial score (nSPS) is 23.4. The number of rotatable bonds is 3. The van der Waals surface area contributed by atoms with Crippen molar-refractivity contribution in [3.05, 3.63) is 18.5 Å². The van der Waals surface area contributed by atoms with Gasteiger partial charge in [-0.15, -0.1) is 0 Å². The highest BCUT2D eigenvalue weighted by Crippen LogP contribution is 2.25. The van der Waals surface area contributed by atoms with Gasteiger partial charge < -0.3 is 9.64 Å². The number of aromatic nitrogens is 2. The smallest absolute Gasteiger partial charge is 0.316 e. The summed E-state index contributed by atoms with van der Waals surface area (Å²) in [4.78, 5) is 33.9. The maximum Gasteiger partial charge on any atom is 0.316 e. The number of likely N-dealkylation sites (tertiary alicyclic amines) is 1. The lowest BCUT2D eigenvalue weighted by Gasteiger charge is -2.35. The van der Waals surface area contributed by atoms with Crippen LogP contribution in [-0.4, -0.2) is 45.8 Å². The van der Waals surface area contributed by atoms with Crippen molar-refractivity contribution in [2.45, 2.75) is 44.6 Å². The standard InChI is InChI=1S/C16H21N3O3/c20-13-6-4-12(5-7-13)15(21)19-10-1-3-14(11-19)22-16-17-8-2-9-18-16/h2,8-9,12,14H,1,3-7,10-11H2. The minimum absolute atomic E-state index is 0.00410. The van der Waals surface area contributed by atoms with E-state index in [1.807, 2.05) is 4.90 Å². The zero-order valence-electron chi connectivity index (χ0n) is 12.6. The average molecular weight is 303 g/mol. The Bertz CT molecular complexity index is 525. The molecule has 2 heterocycles. The van der Waals surface area contributed by atoms with Crippen LogP contribution in [-0.2, 0) is 9.59 Å². The van der Waals surface area contributed by atoms with Gasteiger partial charge in [0, 0.05) is 37.7 Å². The number of piperidine rings is 1. The maximum absolute atomic E-state index is 12.6. The van der Waals surface area contributed by atoms with Crippen LogP contribution in [0.4, 0.5) is 0 Å². The molecule has 6 nitrogen and oxygen atoms in total. The third-order valence-electron chi connectivity index (χ3n) is 4.40. The van der Waals surface area contributed by atoms with E-state index in [1.165, 1.54) is 0 Å². The van der Waals surface area contributed by atoms with Gasteiger partial charge in [-0.25, -0.2) is 9.97 Å². The number of ether oxygens (including phenoxy) is 1. The Kier molecular flexibility index (Phi) is 4.65. The molecule has 2 aliphatic rings. The molecule has 1 atom stereocenters. The van der Waals surface area contributed by atoms with Crippen molar-refractivity contribution < 1.29 is 14.3 Å². The van der Waals surface area contributed by atoms with Crippen LogP contribution in [0.1, 0.15) is 38.5 Å². The topological polar surface area (TPSA) is 72.4 Å². The van der Waals surface area contributed by atoms with E-state index in [0.717, 1.165) is 19.4 Å². The fourth-order valence-corrected chi connectivity index (χ4v) is 3.17. The number of hydrogen-bond donors (Lipinski definition) is 0. The summed E-state index contributed by atoms with van der Waals surface area (Å²) in [5.74, 6) is 0.462. The number of amides is 1. The van der Waals surface area contributed by atoms with Crippen molar-refractivity contribution >= 4 is 11.7 Å². The van der Waals surface area contributed by atoms with Crippen molar-refractivity contribution in [2.75, 3.05) is 13.1 Å². The Morgan fingerprint density at radius 2 is 1.91 bits per heavy atom. The first-order valence-electron chi connectivity index (χ1n) is 7.96. The van der Waals surface area contributed by atoms with E-state index >= 15 is 0 Å². The minimum Gasteiger partial charge on any atom is -0.458 e. The first-order valence-corrected chi connectivity index (χ1v) is 7.96. The maximum atomic E-state index is 12.6. The molecule has 1 aromatic rings. The number of carbonyl (C=O) groups excluding carboxylic acids is 2. The van der Waals surface area contributed by atoms with Crippen LogP contribution in [0, 0.1) is 5.92 Å². The molecule has 0 aromatic carbocycles. The summed E-state index contributed by atoms with van der Waals surface area (Å²) in [6, 6.07) is 2.11. The van der Waals surface area contributed by atoms with Crippen molar-refractivity contribution in [1.29, 1.82) is 0 Å². The lowest BCUT2D eigenvalue weighted by atomic mass is 9.87. The van der Waals surface area contributed by atoms with Crippen LogP contribution < -0.4 is 4.74 Å². The second kappa shape index (κ2) is 6.85. The summed E-state index contributed by atoms with van der Waals surface area (Å²) in [6.07, 6.45) is 7.55. The van der Waals surface area contributed by atoms with E-state index in [4.69, 9.17) is 4.74 Å². The third-order valence-corrected chi connectivity index (χ3v) is 4.40. The van der Waals surface area contributed by atoms with Crippen molar-refractivity contribution in [2.24, 2.45) is 5.92 Å². The molecule has 0 radical (unpaired) electrons. The molecule has 118 valence electrons. The van der Waals surface area contributed by atoms with Gasteiger partial charge in [0.1, 0.15) is 11.9 Å². The van der Waals surface area contributed by atoms with Gasteiger partial charge in [0.25, 0.3) is 0 Å². The minimum atomic E-state index is -0.0506. The van der Waals surface area contributed by atoms with Gasteiger partial charge >= 0.3 is 6.01 Å². The first kappa shape index (κ1) is 14.9. The molecule has 1 aliphatic heterocycles. The molecule has 1 unspecified atom stereocenters. The molecule has 0 bridgehead atoms. The highest BCUT2D eigenvalue weighted by molar-refractivity contribution is 5.84. The Balaban J connectivity index is 1.56. The molecule has 1 aliphatic carbocycles. The number of carbonyl (C=O) groups is 2. The predicted octanol–water partition coefficient (Wildman–Crippen LogP) is 1.61. The van der Waals surface area contributed by atoms with Gasteiger partial charge in [-0.05, 0) is 31.7 Å². The van der Waals surface area contributed by atoms with Gasteiger partial charge in [0.15, 0.2) is 0 Å². The van der Waals surface area contributed by atoms with E-state index in [2.05, 4.69) is 9.97 Å². The Morgan fingerprint density at radius 3 is 2.64 bits per heavy atom. The summed E-state index contributed by atoms with van der Waals surface area (Å²) in [6.45, 7) is 1.36. The van der Waals surface area contributed by atoms with Crippen LogP contribution in [0.3, 0.4) is 0 Å². The van der Waals surface area contributed by atoms with Crippen LogP contribution in [0.15, 0.2) is 18.5 Å². The van der Waals surface area contributed by atoms with E-state index in [-0.39, 0.29) is 23.7 Å². The molecule has 3 rings (SSSR count). The highest BCUT2D eigenvalue weighted by Gasteiger charge is 2.32. The lowest BCUT2D eigenvalue weighted by molar-refractivity contribution is -0.140. The van der Waals surface area contributed by atoms with E-state index < -0.39 is 0 Å². The fourth-order valence-electron chi connectivity index (χ4n) is 3.17. The largest absolute Gasteiger partial charge is 0.458 e. The molecule has 1 aromatic heterocycles. The number of Topliss-reactive ketones (excluding diaryl/α,β-unsaturated/α-hetero) is 1. The molecule has 1 saturated heterocycles. The molecule has 22 heavy (non-hydrogen) atoms.